The maximum Gasteiger partial charge on any atom is 0.123 e. The number of benzene rings is 2. The highest BCUT2D eigenvalue weighted by Crippen LogP contribution is 2.27. The van der Waals surface area contributed by atoms with E-state index < -0.39 is 0 Å². The zero-order valence-corrected chi connectivity index (χ0v) is 17.7. The van der Waals surface area contributed by atoms with E-state index in [0.29, 0.717) is 12.6 Å². The summed E-state index contributed by atoms with van der Waals surface area (Å²) in [5, 5.41) is 8.77. The SMILES string of the molecule is COc1ccc(Cl)cc1CN[C@H]1CCCN[C@H]1c1cccc(Cl)c1.Cl.Cl. The monoisotopic (exact) mass is 436 g/mol. The van der Waals surface area contributed by atoms with Crippen molar-refractivity contribution in [2.75, 3.05) is 13.7 Å². The molecule has 0 aromatic heterocycles. The lowest BCUT2D eigenvalue weighted by atomic mass is 9.92. The fraction of sp³-hybridized carbons (Fsp3) is 0.368. The van der Waals surface area contributed by atoms with E-state index in [1.54, 1.807) is 7.11 Å². The van der Waals surface area contributed by atoms with Crippen LogP contribution in [0.5, 0.6) is 5.75 Å². The Balaban J connectivity index is 0.00000169. The molecule has 2 atom stereocenters. The van der Waals surface area contributed by atoms with Crippen LogP contribution in [0.15, 0.2) is 42.5 Å². The highest BCUT2D eigenvalue weighted by Gasteiger charge is 2.26. The molecule has 0 saturated carbocycles. The summed E-state index contributed by atoms with van der Waals surface area (Å²) in [5.74, 6) is 0.856. The van der Waals surface area contributed by atoms with E-state index in [-0.39, 0.29) is 30.9 Å². The molecule has 3 nitrogen and oxygen atoms in total. The molecule has 1 heterocycles. The topological polar surface area (TPSA) is 33.3 Å². The summed E-state index contributed by atoms with van der Waals surface area (Å²) < 4.78 is 5.44. The van der Waals surface area contributed by atoms with E-state index >= 15 is 0 Å². The third-order valence-corrected chi connectivity index (χ3v) is 4.93. The molecule has 26 heavy (non-hydrogen) atoms. The zero-order chi connectivity index (χ0) is 16.9. The van der Waals surface area contributed by atoms with Crippen molar-refractivity contribution in [3.8, 4) is 5.75 Å². The molecule has 1 saturated heterocycles. The zero-order valence-electron chi connectivity index (χ0n) is 14.5. The highest BCUT2D eigenvalue weighted by atomic mass is 35.5. The fourth-order valence-electron chi connectivity index (χ4n) is 3.28. The Kier molecular flexibility index (Phi) is 10.1. The van der Waals surface area contributed by atoms with Gasteiger partial charge in [-0.15, -0.1) is 24.8 Å². The minimum Gasteiger partial charge on any atom is -0.496 e. The van der Waals surface area contributed by atoms with Gasteiger partial charge < -0.3 is 15.4 Å². The molecule has 1 fully saturated rings. The number of halogens is 4. The number of methoxy groups -OCH3 is 1. The summed E-state index contributed by atoms with van der Waals surface area (Å²) in [5.41, 5.74) is 2.29. The van der Waals surface area contributed by atoms with Crippen LogP contribution in [0.2, 0.25) is 10.0 Å². The van der Waals surface area contributed by atoms with Crippen molar-refractivity contribution in [1.29, 1.82) is 0 Å². The third kappa shape index (κ3) is 5.91. The molecular weight excluding hydrogens is 414 g/mol. The molecule has 0 spiro atoms. The third-order valence-electron chi connectivity index (χ3n) is 4.46. The van der Waals surface area contributed by atoms with E-state index in [1.807, 2.05) is 36.4 Å². The Hall–Kier alpha value is -0.680. The quantitative estimate of drug-likeness (QED) is 0.654. The second-order valence-electron chi connectivity index (χ2n) is 6.07. The molecule has 2 aromatic carbocycles. The van der Waals surface area contributed by atoms with Crippen LogP contribution in [-0.4, -0.2) is 19.7 Å². The number of rotatable bonds is 5. The average molecular weight is 438 g/mol. The average Bonchev–Trinajstić information content (AvgIpc) is 2.60. The Morgan fingerprint density at radius 1 is 1.12 bits per heavy atom. The van der Waals surface area contributed by atoms with Gasteiger partial charge >= 0.3 is 0 Å². The van der Waals surface area contributed by atoms with Gasteiger partial charge in [0, 0.05) is 34.2 Å². The molecule has 144 valence electrons. The van der Waals surface area contributed by atoms with Gasteiger partial charge in [-0.3, -0.25) is 0 Å². The molecule has 1 aliphatic rings. The first-order chi connectivity index (χ1) is 11.7. The first-order valence-corrected chi connectivity index (χ1v) is 8.97. The summed E-state index contributed by atoms with van der Waals surface area (Å²) >= 11 is 12.3. The van der Waals surface area contributed by atoms with Crippen molar-refractivity contribution >= 4 is 48.0 Å². The second-order valence-corrected chi connectivity index (χ2v) is 6.95. The lowest BCUT2D eigenvalue weighted by Gasteiger charge is -2.34. The first kappa shape index (κ1) is 23.4. The van der Waals surface area contributed by atoms with Crippen molar-refractivity contribution in [2.45, 2.75) is 31.5 Å². The summed E-state index contributed by atoms with van der Waals surface area (Å²) in [6, 6.07) is 14.4. The minimum absolute atomic E-state index is 0. The summed E-state index contributed by atoms with van der Waals surface area (Å²) in [4.78, 5) is 0. The predicted octanol–water partition coefficient (Wildman–Crippen LogP) is 5.43. The van der Waals surface area contributed by atoms with E-state index in [1.165, 1.54) is 5.56 Å². The van der Waals surface area contributed by atoms with E-state index in [9.17, 15) is 0 Å². The molecule has 2 N–H and O–H groups in total. The predicted molar refractivity (Wildman–Crippen MR) is 115 cm³/mol. The normalized spacial score (nSPS) is 19.2. The van der Waals surface area contributed by atoms with Gasteiger partial charge in [0.05, 0.1) is 7.11 Å². The first-order valence-electron chi connectivity index (χ1n) is 8.22. The lowest BCUT2D eigenvalue weighted by molar-refractivity contribution is 0.303. The summed E-state index contributed by atoms with van der Waals surface area (Å²) in [6.45, 7) is 1.74. The Morgan fingerprint density at radius 3 is 2.62 bits per heavy atom. The van der Waals surface area contributed by atoms with Crippen LogP contribution < -0.4 is 15.4 Å². The summed E-state index contributed by atoms with van der Waals surface area (Å²) in [7, 11) is 1.68. The van der Waals surface area contributed by atoms with Gasteiger partial charge in [0.2, 0.25) is 0 Å². The van der Waals surface area contributed by atoms with Crippen LogP contribution in [0.4, 0.5) is 0 Å². The Labute approximate surface area is 177 Å². The smallest absolute Gasteiger partial charge is 0.123 e. The summed E-state index contributed by atoms with van der Waals surface area (Å²) in [6.07, 6.45) is 2.27. The lowest BCUT2D eigenvalue weighted by Crippen LogP contribution is -2.45. The maximum absolute atomic E-state index is 6.16. The van der Waals surface area contributed by atoms with Crippen LogP contribution >= 0.6 is 48.0 Å². The standard InChI is InChI=1S/C19H22Cl2N2O.2ClH/c1-24-18-8-7-16(21)11-14(18)12-23-17-6-3-9-22-19(17)13-4-2-5-15(20)10-13;;/h2,4-5,7-8,10-11,17,19,22-23H,3,6,9,12H2,1H3;2*1H/t17-,19-;;/m0../s1. The largest absolute Gasteiger partial charge is 0.496 e. The van der Waals surface area contributed by atoms with Crippen molar-refractivity contribution < 1.29 is 4.74 Å². The molecule has 0 amide bonds. The van der Waals surface area contributed by atoms with Gasteiger partial charge in [0.25, 0.3) is 0 Å². The van der Waals surface area contributed by atoms with Gasteiger partial charge in [-0.05, 0) is 55.3 Å². The molecule has 0 bridgehead atoms. The van der Waals surface area contributed by atoms with Crippen molar-refractivity contribution in [3.05, 3.63) is 63.6 Å². The fourth-order valence-corrected chi connectivity index (χ4v) is 3.68. The van der Waals surface area contributed by atoms with E-state index in [0.717, 1.165) is 40.7 Å². The van der Waals surface area contributed by atoms with E-state index in [4.69, 9.17) is 27.9 Å². The number of ether oxygens (including phenoxy) is 1. The van der Waals surface area contributed by atoms with Gasteiger partial charge in [-0.25, -0.2) is 0 Å². The Morgan fingerprint density at radius 2 is 1.88 bits per heavy atom. The maximum atomic E-state index is 6.16. The molecular formula is C19H24Cl4N2O. The number of nitrogens with one attached hydrogen (secondary N) is 2. The van der Waals surface area contributed by atoms with Gasteiger partial charge in [-0.1, -0.05) is 35.3 Å². The van der Waals surface area contributed by atoms with Crippen LogP contribution in [0.3, 0.4) is 0 Å². The molecule has 0 aliphatic carbocycles. The number of hydrogen-bond donors (Lipinski definition) is 2. The Bertz CT molecular complexity index is 699. The van der Waals surface area contributed by atoms with Crippen molar-refractivity contribution in [3.63, 3.8) is 0 Å². The van der Waals surface area contributed by atoms with Crippen LogP contribution in [0.25, 0.3) is 0 Å². The van der Waals surface area contributed by atoms with Crippen molar-refractivity contribution in [2.24, 2.45) is 0 Å². The molecule has 0 radical (unpaired) electrons. The van der Waals surface area contributed by atoms with E-state index in [2.05, 4.69) is 16.7 Å². The van der Waals surface area contributed by atoms with Gasteiger partial charge in [-0.2, -0.15) is 0 Å². The minimum atomic E-state index is 0. The molecule has 1 aliphatic heterocycles. The molecule has 3 rings (SSSR count). The number of piperidine rings is 1. The molecule has 7 heteroatoms. The van der Waals surface area contributed by atoms with Crippen LogP contribution in [-0.2, 0) is 6.54 Å². The second kappa shape index (κ2) is 11.2. The van der Waals surface area contributed by atoms with Crippen molar-refractivity contribution in [1.82, 2.24) is 10.6 Å². The van der Waals surface area contributed by atoms with Crippen LogP contribution in [0, 0.1) is 0 Å². The van der Waals surface area contributed by atoms with Crippen LogP contribution in [0.1, 0.15) is 30.0 Å². The highest BCUT2D eigenvalue weighted by molar-refractivity contribution is 6.30. The molecule has 0 unspecified atom stereocenters. The molecule has 2 aromatic rings. The number of hydrogen-bond acceptors (Lipinski definition) is 3. The van der Waals surface area contributed by atoms with Gasteiger partial charge in [0.1, 0.15) is 5.75 Å². The van der Waals surface area contributed by atoms with Gasteiger partial charge in [0.15, 0.2) is 0 Å².